The summed E-state index contributed by atoms with van der Waals surface area (Å²) in [6, 6.07) is 0.468. The number of nitrogens with two attached hydrogens (primary N) is 1. The lowest BCUT2D eigenvalue weighted by molar-refractivity contribution is 0.376. The van der Waals surface area contributed by atoms with E-state index >= 15 is 0 Å². The molecular weight excluding hydrogens is 148 g/mol. The molecule has 2 unspecified atom stereocenters. The Balaban J connectivity index is 3.58. The van der Waals surface area contributed by atoms with Gasteiger partial charge in [-0.15, -0.1) is 6.58 Å². The van der Waals surface area contributed by atoms with Crippen molar-refractivity contribution in [1.82, 2.24) is 5.32 Å². The molecule has 0 saturated heterocycles. The van der Waals surface area contributed by atoms with Crippen LogP contribution in [0.2, 0.25) is 0 Å². The summed E-state index contributed by atoms with van der Waals surface area (Å²) in [5.41, 5.74) is 5.64. The van der Waals surface area contributed by atoms with E-state index in [0.29, 0.717) is 12.0 Å². The SMILES string of the molecule is C=CCCNC(CN)C(C)CC. The van der Waals surface area contributed by atoms with Crippen molar-refractivity contribution in [3.8, 4) is 0 Å². The zero-order valence-corrected chi connectivity index (χ0v) is 8.34. The summed E-state index contributed by atoms with van der Waals surface area (Å²) >= 11 is 0. The van der Waals surface area contributed by atoms with Crippen LogP contribution < -0.4 is 11.1 Å². The Labute approximate surface area is 76.2 Å². The summed E-state index contributed by atoms with van der Waals surface area (Å²) in [5, 5.41) is 3.42. The molecule has 3 N–H and O–H groups in total. The predicted octanol–water partition coefficient (Wildman–Crippen LogP) is 1.53. The molecule has 0 aromatic heterocycles. The number of hydrogen-bond donors (Lipinski definition) is 2. The standard InChI is InChI=1S/C10H22N2/c1-4-6-7-12-10(8-11)9(3)5-2/h4,9-10,12H,1,5-8,11H2,2-3H3. The van der Waals surface area contributed by atoms with Crippen molar-refractivity contribution in [2.24, 2.45) is 11.7 Å². The molecule has 0 aliphatic carbocycles. The van der Waals surface area contributed by atoms with E-state index in [4.69, 9.17) is 5.73 Å². The van der Waals surface area contributed by atoms with Gasteiger partial charge in [0.2, 0.25) is 0 Å². The summed E-state index contributed by atoms with van der Waals surface area (Å²) < 4.78 is 0. The molecule has 12 heavy (non-hydrogen) atoms. The monoisotopic (exact) mass is 170 g/mol. The first kappa shape index (κ1) is 11.7. The largest absolute Gasteiger partial charge is 0.329 e. The summed E-state index contributed by atoms with van der Waals surface area (Å²) in [6.07, 6.45) is 4.13. The molecule has 2 heteroatoms. The fourth-order valence-corrected chi connectivity index (χ4v) is 1.17. The maximum Gasteiger partial charge on any atom is 0.0215 e. The minimum atomic E-state index is 0.468. The molecule has 0 saturated carbocycles. The maximum atomic E-state index is 5.64. The fraction of sp³-hybridized carbons (Fsp3) is 0.800. The summed E-state index contributed by atoms with van der Waals surface area (Å²) in [4.78, 5) is 0. The molecule has 0 heterocycles. The smallest absolute Gasteiger partial charge is 0.0215 e. The number of hydrogen-bond acceptors (Lipinski definition) is 2. The molecule has 0 radical (unpaired) electrons. The van der Waals surface area contributed by atoms with Crippen LogP contribution >= 0.6 is 0 Å². The Morgan fingerprint density at radius 1 is 1.58 bits per heavy atom. The highest BCUT2D eigenvalue weighted by atomic mass is 14.9. The van der Waals surface area contributed by atoms with Gasteiger partial charge in [0, 0.05) is 12.6 Å². The Morgan fingerprint density at radius 3 is 2.67 bits per heavy atom. The third-order valence-electron chi connectivity index (χ3n) is 2.34. The van der Waals surface area contributed by atoms with E-state index in [0.717, 1.165) is 19.5 Å². The second-order valence-electron chi connectivity index (χ2n) is 3.26. The van der Waals surface area contributed by atoms with Gasteiger partial charge in [0.1, 0.15) is 0 Å². The van der Waals surface area contributed by atoms with Crippen LogP contribution in [0.1, 0.15) is 26.7 Å². The molecule has 0 rings (SSSR count). The van der Waals surface area contributed by atoms with Gasteiger partial charge in [-0.2, -0.15) is 0 Å². The molecule has 0 aliphatic rings. The normalized spacial score (nSPS) is 15.6. The Bertz CT molecular complexity index is 112. The summed E-state index contributed by atoms with van der Waals surface area (Å²) in [5.74, 6) is 0.666. The molecule has 0 spiro atoms. The number of nitrogens with one attached hydrogen (secondary N) is 1. The van der Waals surface area contributed by atoms with Crippen LogP contribution in [0.15, 0.2) is 12.7 Å². The fourth-order valence-electron chi connectivity index (χ4n) is 1.17. The first-order chi connectivity index (χ1) is 5.76. The molecule has 2 nitrogen and oxygen atoms in total. The van der Waals surface area contributed by atoms with Crippen molar-refractivity contribution in [2.75, 3.05) is 13.1 Å². The molecule has 0 amide bonds. The van der Waals surface area contributed by atoms with Crippen LogP contribution in [0.3, 0.4) is 0 Å². The first-order valence-electron chi connectivity index (χ1n) is 4.80. The van der Waals surface area contributed by atoms with E-state index in [-0.39, 0.29) is 0 Å². The maximum absolute atomic E-state index is 5.64. The van der Waals surface area contributed by atoms with Crippen molar-refractivity contribution in [1.29, 1.82) is 0 Å². The highest BCUT2D eigenvalue weighted by Crippen LogP contribution is 2.05. The van der Waals surface area contributed by atoms with E-state index in [1.165, 1.54) is 6.42 Å². The average Bonchev–Trinajstić information content (AvgIpc) is 2.11. The van der Waals surface area contributed by atoms with Crippen LogP contribution in [-0.4, -0.2) is 19.1 Å². The van der Waals surface area contributed by atoms with Gasteiger partial charge in [0.15, 0.2) is 0 Å². The lowest BCUT2D eigenvalue weighted by Gasteiger charge is -2.22. The van der Waals surface area contributed by atoms with E-state index in [9.17, 15) is 0 Å². The minimum absolute atomic E-state index is 0.468. The Morgan fingerprint density at radius 2 is 2.25 bits per heavy atom. The van der Waals surface area contributed by atoms with Crippen LogP contribution in [0, 0.1) is 5.92 Å². The van der Waals surface area contributed by atoms with Crippen LogP contribution in [0.25, 0.3) is 0 Å². The van der Waals surface area contributed by atoms with Gasteiger partial charge in [-0.3, -0.25) is 0 Å². The number of rotatable bonds is 7. The molecular formula is C10H22N2. The molecule has 0 fully saturated rings. The minimum Gasteiger partial charge on any atom is -0.329 e. The van der Waals surface area contributed by atoms with Crippen molar-refractivity contribution < 1.29 is 0 Å². The van der Waals surface area contributed by atoms with Crippen molar-refractivity contribution >= 4 is 0 Å². The molecule has 0 aromatic carbocycles. The molecule has 0 bridgehead atoms. The van der Waals surface area contributed by atoms with Crippen LogP contribution in [0.5, 0.6) is 0 Å². The quantitative estimate of drug-likeness (QED) is 0.449. The topological polar surface area (TPSA) is 38.0 Å². The predicted molar refractivity (Wildman–Crippen MR) is 55.1 cm³/mol. The van der Waals surface area contributed by atoms with Gasteiger partial charge in [-0.05, 0) is 18.9 Å². The van der Waals surface area contributed by atoms with Crippen molar-refractivity contribution in [3.63, 3.8) is 0 Å². The van der Waals surface area contributed by atoms with Crippen molar-refractivity contribution in [2.45, 2.75) is 32.7 Å². The average molecular weight is 170 g/mol. The first-order valence-corrected chi connectivity index (χ1v) is 4.80. The highest BCUT2D eigenvalue weighted by molar-refractivity contribution is 4.75. The Hall–Kier alpha value is -0.340. The highest BCUT2D eigenvalue weighted by Gasteiger charge is 2.11. The van der Waals surface area contributed by atoms with Gasteiger partial charge in [0.25, 0.3) is 0 Å². The van der Waals surface area contributed by atoms with E-state index in [1.807, 2.05) is 6.08 Å². The lowest BCUT2D eigenvalue weighted by atomic mass is 9.99. The van der Waals surface area contributed by atoms with Gasteiger partial charge in [0.05, 0.1) is 0 Å². The van der Waals surface area contributed by atoms with E-state index in [1.54, 1.807) is 0 Å². The molecule has 0 aliphatic heterocycles. The summed E-state index contributed by atoms with van der Waals surface area (Å²) in [7, 11) is 0. The van der Waals surface area contributed by atoms with Gasteiger partial charge in [-0.1, -0.05) is 26.3 Å². The van der Waals surface area contributed by atoms with Gasteiger partial charge < -0.3 is 11.1 Å². The molecule has 72 valence electrons. The van der Waals surface area contributed by atoms with E-state index < -0.39 is 0 Å². The van der Waals surface area contributed by atoms with Crippen LogP contribution in [0.4, 0.5) is 0 Å². The zero-order valence-electron chi connectivity index (χ0n) is 8.34. The third-order valence-corrected chi connectivity index (χ3v) is 2.34. The van der Waals surface area contributed by atoms with Gasteiger partial charge >= 0.3 is 0 Å². The lowest BCUT2D eigenvalue weighted by Crippen LogP contribution is -2.41. The van der Waals surface area contributed by atoms with Crippen LogP contribution in [-0.2, 0) is 0 Å². The third kappa shape index (κ3) is 4.52. The molecule has 2 atom stereocenters. The van der Waals surface area contributed by atoms with E-state index in [2.05, 4.69) is 25.7 Å². The summed E-state index contributed by atoms with van der Waals surface area (Å²) in [6.45, 7) is 9.83. The van der Waals surface area contributed by atoms with Crippen molar-refractivity contribution in [3.05, 3.63) is 12.7 Å². The second kappa shape index (κ2) is 7.32. The van der Waals surface area contributed by atoms with Gasteiger partial charge in [-0.25, -0.2) is 0 Å². The molecule has 0 aromatic rings. The Kier molecular flexibility index (Phi) is 7.11. The zero-order chi connectivity index (χ0) is 9.40. The second-order valence-corrected chi connectivity index (χ2v) is 3.26.